The highest BCUT2D eigenvalue weighted by molar-refractivity contribution is 6.33. The fraction of sp³-hybridized carbons (Fsp3) is 0.211. The standard InChI is InChI=1S/C19H17ClN4O3/c20-14-5-2-1-4-13(14)18(25)23-7-9-24(10-8-23)19(26)16-12-15(21-22-16)17-6-3-11-27-17/h1-6,11-12H,7-10H2,(H,21,22). The lowest BCUT2D eigenvalue weighted by molar-refractivity contribution is 0.0532. The molecule has 1 aliphatic heterocycles. The van der Waals surface area contributed by atoms with Gasteiger partial charge >= 0.3 is 0 Å². The first kappa shape index (κ1) is 17.4. The van der Waals surface area contributed by atoms with Crippen LogP contribution < -0.4 is 0 Å². The van der Waals surface area contributed by atoms with Crippen molar-refractivity contribution >= 4 is 23.4 Å². The van der Waals surface area contributed by atoms with Crippen molar-refractivity contribution in [1.29, 1.82) is 0 Å². The van der Waals surface area contributed by atoms with E-state index in [0.29, 0.717) is 53.9 Å². The Kier molecular flexibility index (Phi) is 4.68. The maximum atomic E-state index is 12.7. The molecule has 4 rings (SSSR count). The van der Waals surface area contributed by atoms with Crippen LogP contribution in [0, 0.1) is 0 Å². The summed E-state index contributed by atoms with van der Waals surface area (Å²) in [4.78, 5) is 28.7. The first-order valence-electron chi connectivity index (χ1n) is 8.56. The molecule has 7 nitrogen and oxygen atoms in total. The molecule has 3 aromatic rings. The minimum atomic E-state index is -0.172. The van der Waals surface area contributed by atoms with Crippen LogP contribution in [0.5, 0.6) is 0 Å². The Bertz CT molecular complexity index is 959. The van der Waals surface area contributed by atoms with E-state index in [1.54, 1.807) is 58.5 Å². The third-order valence-corrected chi connectivity index (χ3v) is 4.87. The van der Waals surface area contributed by atoms with Gasteiger partial charge in [-0.05, 0) is 24.3 Å². The number of nitrogens with zero attached hydrogens (tertiary/aromatic N) is 3. The SMILES string of the molecule is O=C(c1cc(-c2ccco2)[nH]n1)N1CCN(C(=O)c2ccccc2Cl)CC1. The van der Waals surface area contributed by atoms with Crippen LogP contribution in [0.3, 0.4) is 0 Å². The molecule has 0 bridgehead atoms. The average Bonchev–Trinajstić information content (AvgIpc) is 3.39. The number of carbonyl (C=O) groups excluding carboxylic acids is 2. The molecule has 1 aromatic carbocycles. The second-order valence-corrected chi connectivity index (χ2v) is 6.62. The normalized spacial score (nSPS) is 14.4. The number of amides is 2. The number of aromatic nitrogens is 2. The molecule has 1 fully saturated rings. The van der Waals surface area contributed by atoms with Gasteiger partial charge in [-0.25, -0.2) is 0 Å². The number of benzene rings is 1. The van der Waals surface area contributed by atoms with E-state index >= 15 is 0 Å². The van der Waals surface area contributed by atoms with Crippen molar-refractivity contribution in [3.63, 3.8) is 0 Å². The average molecular weight is 385 g/mol. The monoisotopic (exact) mass is 384 g/mol. The molecule has 0 saturated carbocycles. The summed E-state index contributed by atoms with van der Waals surface area (Å²) < 4.78 is 5.30. The van der Waals surface area contributed by atoms with E-state index in [1.165, 1.54) is 0 Å². The number of hydrogen-bond donors (Lipinski definition) is 1. The maximum absolute atomic E-state index is 12.7. The molecule has 8 heteroatoms. The van der Waals surface area contributed by atoms with E-state index in [9.17, 15) is 9.59 Å². The van der Waals surface area contributed by atoms with Crippen LogP contribution in [-0.2, 0) is 0 Å². The molecular formula is C19H17ClN4O3. The lowest BCUT2D eigenvalue weighted by Crippen LogP contribution is -2.50. The first-order chi connectivity index (χ1) is 13.1. The van der Waals surface area contributed by atoms with Crippen molar-refractivity contribution in [2.45, 2.75) is 0 Å². The molecule has 0 spiro atoms. The Morgan fingerprint density at radius 2 is 1.70 bits per heavy atom. The van der Waals surface area contributed by atoms with Crippen LogP contribution in [0.2, 0.25) is 5.02 Å². The Balaban J connectivity index is 1.40. The highest BCUT2D eigenvalue weighted by Gasteiger charge is 2.27. The number of halogens is 1. The zero-order chi connectivity index (χ0) is 18.8. The number of piperazine rings is 1. The van der Waals surface area contributed by atoms with Gasteiger partial charge in [0.1, 0.15) is 5.69 Å². The van der Waals surface area contributed by atoms with E-state index in [-0.39, 0.29) is 11.8 Å². The number of H-pyrrole nitrogens is 1. The van der Waals surface area contributed by atoms with E-state index in [1.807, 2.05) is 0 Å². The second-order valence-electron chi connectivity index (χ2n) is 6.21. The first-order valence-corrected chi connectivity index (χ1v) is 8.93. The van der Waals surface area contributed by atoms with E-state index in [4.69, 9.17) is 16.0 Å². The number of hydrogen-bond acceptors (Lipinski definition) is 4. The molecule has 0 radical (unpaired) electrons. The summed E-state index contributed by atoms with van der Waals surface area (Å²) in [5.41, 5.74) is 1.46. The molecule has 3 heterocycles. The minimum Gasteiger partial charge on any atom is -0.463 e. The molecule has 0 atom stereocenters. The summed E-state index contributed by atoms with van der Waals surface area (Å²) in [6.45, 7) is 1.78. The van der Waals surface area contributed by atoms with Gasteiger partial charge in [-0.15, -0.1) is 0 Å². The summed E-state index contributed by atoms with van der Waals surface area (Å²) >= 11 is 6.11. The summed E-state index contributed by atoms with van der Waals surface area (Å²) in [6, 6.07) is 12.2. The van der Waals surface area contributed by atoms with E-state index in [0.717, 1.165) is 0 Å². The molecule has 1 aliphatic rings. The summed E-state index contributed by atoms with van der Waals surface area (Å²) in [5, 5.41) is 7.33. The van der Waals surface area contributed by atoms with Crippen molar-refractivity contribution < 1.29 is 14.0 Å². The lowest BCUT2D eigenvalue weighted by atomic mass is 10.1. The predicted octanol–water partition coefficient (Wildman–Crippen LogP) is 2.92. The molecule has 0 unspecified atom stereocenters. The summed E-state index contributed by atoms with van der Waals surface area (Å²) in [7, 11) is 0. The Labute approximate surface area is 160 Å². The van der Waals surface area contributed by atoms with E-state index < -0.39 is 0 Å². The number of carbonyl (C=O) groups is 2. The minimum absolute atomic E-state index is 0.118. The smallest absolute Gasteiger partial charge is 0.274 e. The molecule has 1 N–H and O–H groups in total. The van der Waals surface area contributed by atoms with Gasteiger partial charge in [0.15, 0.2) is 11.5 Å². The van der Waals surface area contributed by atoms with E-state index in [2.05, 4.69) is 10.2 Å². The van der Waals surface area contributed by atoms with Crippen molar-refractivity contribution in [1.82, 2.24) is 20.0 Å². The fourth-order valence-electron chi connectivity index (χ4n) is 3.07. The quantitative estimate of drug-likeness (QED) is 0.752. The summed E-state index contributed by atoms with van der Waals surface area (Å²) in [5.74, 6) is 0.332. The molecule has 0 aliphatic carbocycles. The zero-order valence-electron chi connectivity index (χ0n) is 14.4. The highest BCUT2D eigenvalue weighted by Crippen LogP contribution is 2.20. The second kappa shape index (κ2) is 7.28. The van der Waals surface area contributed by atoms with Gasteiger partial charge in [0, 0.05) is 32.2 Å². The van der Waals surface area contributed by atoms with Crippen molar-refractivity contribution in [2.75, 3.05) is 26.2 Å². The van der Waals surface area contributed by atoms with Crippen LogP contribution in [0.4, 0.5) is 0 Å². The number of furan rings is 1. The van der Waals surface area contributed by atoms with Crippen LogP contribution in [-0.4, -0.2) is 58.0 Å². The van der Waals surface area contributed by atoms with Crippen molar-refractivity contribution in [3.8, 4) is 11.5 Å². The Morgan fingerprint density at radius 1 is 1.00 bits per heavy atom. The van der Waals surface area contributed by atoms with Gasteiger partial charge in [0.05, 0.1) is 16.8 Å². The topological polar surface area (TPSA) is 82.4 Å². The van der Waals surface area contributed by atoms with Gasteiger partial charge in [-0.2, -0.15) is 5.10 Å². The van der Waals surface area contributed by atoms with Crippen LogP contribution in [0.15, 0.2) is 53.1 Å². The van der Waals surface area contributed by atoms with Gasteiger partial charge < -0.3 is 14.2 Å². The fourth-order valence-corrected chi connectivity index (χ4v) is 3.29. The van der Waals surface area contributed by atoms with Crippen LogP contribution in [0.25, 0.3) is 11.5 Å². The lowest BCUT2D eigenvalue weighted by Gasteiger charge is -2.34. The highest BCUT2D eigenvalue weighted by atomic mass is 35.5. The van der Waals surface area contributed by atoms with Gasteiger partial charge in [-0.3, -0.25) is 14.7 Å². The number of aromatic amines is 1. The maximum Gasteiger partial charge on any atom is 0.274 e. The molecular weight excluding hydrogens is 368 g/mol. The van der Waals surface area contributed by atoms with Crippen LogP contribution in [0.1, 0.15) is 20.8 Å². The molecule has 27 heavy (non-hydrogen) atoms. The summed E-state index contributed by atoms with van der Waals surface area (Å²) in [6.07, 6.45) is 1.56. The third kappa shape index (κ3) is 3.46. The Morgan fingerprint density at radius 3 is 2.37 bits per heavy atom. The number of nitrogens with one attached hydrogen (secondary N) is 1. The number of rotatable bonds is 3. The third-order valence-electron chi connectivity index (χ3n) is 4.54. The van der Waals surface area contributed by atoms with Gasteiger partial charge in [-0.1, -0.05) is 23.7 Å². The van der Waals surface area contributed by atoms with Gasteiger partial charge in [0.2, 0.25) is 0 Å². The molecule has 2 aromatic heterocycles. The van der Waals surface area contributed by atoms with Crippen LogP contribution >= 0.6 is 11.6 Å². The van der Waals surface area contributed by atoms with Crippen molar-refractivity contribution in [3.05, 3.63) is 65.0 Å². The van der Waals surface area contributed by atoms with Crippen molar-refractivity contribution in [2.24, 2.45) is 0 Å². The molecule has 2 amide bonds. The predicted molar refractivity (Wildman–Crippen MR) is 99.5 cm³/mol. The Hall–Kier alpha value is -3.06. The molecule has 138 valence electrons. The zero-order valence-corrected chi connectivity index (χ0v) is 15.1. The largest absolute Gasteiger partial charge is 0.463 e. The molecule has 1 saturated heterocycles. The van der Waals surface area contributed by atoms with Gasteiger partial charge in [0.25, 0.3) is 11.8 Å².